The molecule has 5 heteroatoms. The number of carbonyl (C=O) groups is 1. The first-order chi connectivity index (χ1) is 8.58. The summed E-state index contributed by atoms with van der Waals surface area (Å²) in [7, 11) is 0. The molecule has 2 rings (SSSR count). The van der Waals surface area contributed by atoms with Crippen LogP contribution in [0.3, 0.4) is 0 Å². The number of nitrogen functional groups attached to an aromatic ring is 1. The van der Waals surface area contributed by atoms with Crippen molar-refractivity contribution >= 4 is 28.9 Å². The van der Waals surface area contributed by atoms with Crippen molar-refractivity contribution in [2.24, 2.45) is 0 Å². The zero-order valence-corrected chi connectivity index (χ0v) is 10.0. The fourth-order valence-corrected chi connectivity index (χ4v) is 1.60. The molecule has 0 heterocycles. The molecule has 0 aliphatic rings. The molecule has 1 amide bonds. The number of anilines is 2. The van der Waals surface area contributed by atoms with E-state index in [-0.39, 0.29) is 10.7 Å². The molecule has 0 aliphatic carbocycles. The number of hydrogen-bond acceptors (Lipinski definition) is 2. The van der Waals surface area contributed by atoms with E-state index < -0.39 is 11.7 Å². The minimum atomic E-state index is -0.650. The maximum atomic E-state index is 13.6. The average molecular weight is 265 g/mol. The van der Waals surface area contributed by atoms with Gasteiger partial charge in [-0.05, 0) is 36.4 Å². The van der Waals surface area contributed by atoms with Crippen LogP contribution in [0.2, 0.25) is 5.02 Å². The minimum Gasteiger partial charge on any atom is -0.399 e. The lowest BCUT2D eigenvalue weighted by molar-refractivity contribution is 0.102. The van der Waals surface area contributed by atoms with Crippen LogP contribution < -0.4 is 11.1 Å². The van der Waals surface area contributed by atoms with E-state index in [4.69, 9.17) is 17.3 Å². The van der Waals surface area contributed by atoms with Gasteiger partial charge in [-0.1, -0.05) is 17.7 Å². The molecule has 0 bridgehead atoms. The van der Waals surface area contributed by atoms with Gasteiger partial charge in [-0.3, -0.25) is 4.79 Å². The number of benzene rings is 2. The number of nitrogens with one attached hydrogen (secondary N) is 1. The van der Waals surface area contributed by atoms with Gasteiger partial charge in [0.15, 0.2) is 5.82 Å². The van der Waals surface area contributed by atoms with Crippen molar-refractivity contribution in [1.29, 1.82) is 0 Å². The molecule has 92 valence electrons. The fourth-order valence-electron chi connectivity index (χ4n) is 1.43. The highest BCUT2D eigenvalue weighted by Gasteiger charge is 2.10. The zero-order chi connectivity index (χ0) is 13.1. The van der Waals surface area contributed by atoms with E-state index in [1.54, 1.807) is 30.3 Å². The topological polar surface area (TPSA) is 55.1 Å². The molecule has 0 atom stereocenters. The monoisotopic (exact) mass is 264 g/mol. The van der Waals surface area contributed by atoms with Gasteiger partial charge in [-0.25, -0.2) is 4.39 Å². The van der Waals surface area contributed by atoms with Crippen molar-refractivity contribution in [1.82, 2.24) is 0 Å². The lowest BCUT2D eigenvalue weighted by Gasteiger charge is -2.07. The van der Waals surface area contributed by atoms with Crippen LogP contribution in [0.25, 0.3) is 0 Å². The van der Waals surface area contributed by atoms with Gasteiger partial charge in [0.05, 0.1) is 10.7 Å². The zero-order valence-electron chi connectivity index (χ0n) is 9.28. The van der Waals surface area contributed by atoms with Crippen molar-refractivity contribution < 1.29 is 9.18 Å². The first-order valence-electron chi connectivity index (χ1n) is 5.19. The summed E-state index contributed by atoms with van der Waals surface area (Å²) < 4.78 is 13.6. The molecule has 3 nitrogen and oxygen atoms in total. The SMILES string of the molecule is Nc1ccc(C(=O)Nc2cccc(Cl)c2F)cc1. The summed E-state index contributed by atoms with van der Waals surface area (Å²) in [4.78, 5) is 11.8. The van der Waals surface area contributed by atoms with Crippen LogP contribution in [0.15, 0.2) is 42.5 Å². The third kappa shape index (κ3) is 2.60. The Bertz CT molecular complexity index is 584. The van der Waals surface area contributed by atoms with Crippen LogP contribution in [0.4, 0.5) is 15.8 Å². The van der Waals surface area contributed by atoms with E-state index in [2.05, 4.69) is 5.32 Å². The largest absolute Gasteiger partial charge is 0.399 e. The standard InChI is InChI=1S/C13H10ClFN2O/c14-10-2-1-3-11(12(10)15)17-13(18)8-4-6-9(16)7-5-8/h1-7H,16H2,(H,17,18). The number of carbonyl (C=O) groups excluding carboxylic acids is 1. The van der Waals surface area contributed by atoms with Crippen molar-refractivity contribution in [2.75, 3.05) is 11.1 Å². The first kappa shape index (κ1) is 12.4. The lowest BCUT2D eigenvalue weighted by Crippen LogP contribution is -2.13. The summed E-state index contributed by atoms with van der Waals surface area (Å²) in [5, 5.41) is 2.41. The van der Waals surface area contributed by atoms with Gasteiger partial charge in [-0.2, -0.15) is 0 Å². The molecule has 3 N–H and O–H groups in total. The molecule has 2 aromatic carbocycles. The van der Waals surface area contributed by atoms with Gasteiger partial charge in [0.1, 0.15) is 0 Å². The Hall–Kier alpha value is -2.07. The second-order valence-corrected chi connectivity index (χ2v) is 4.08. The van der Waals surface area contributed by atoms with E-state index in [0.29, 0.717) is 11.3 Å². The summed E-state index contributed by atoms with van der Waals surface area (Å²) in [5.74, 6) is -1.07. The summed E-state index contributed by atoms with van der Waals surface area (Å²) in [6.07, 6.45) is 0. The maximum absolute atomic E-state index is 13.6. The Morgan fingerprint density at radius 2 is 1.83 bits per heavy atom. The number of rotatable bonds is 2. The quantitative estimate of drug-likeness (QED) is 0.818. The highest BCUT2D eigenvalue weighted by atomic mass is 35.5. The van der Waals surface area contributed by atoms with E-state index in [9.17, 15) is 9.18 Å². The molecule has 2 aromatic rings. The molecule has 0 aromatic heterocycles. The van der Waals surface area contributed by atoms with Gasteiger partial charge in [0, 0.05) is 11.3 Å². The van der Waals surface area contributed by atoms with Gasteiger partial charge in [0.25, 0.3) is 5.91 Å². The van der Waals surface area contributed by atoms with E-state index in [0.717, 1.165) is 0 Å². The minimum absolute atomic E-state index is 0.0369. The molecule has 0 radical (unpaired) electrons. The van der Waals surface area contributed by atoms with Gasteiger partial charge in [0.2, 0.25) is 0 Å². The highest BCUT2D eigenvalue weighted by Crippen LogP contribution is 2.22. The first-order valence-corrected chi connectivity index (χ1v) is 5.56. The number of hydrogen-bond donors (Lipinski definition) is 2. The van der Waals surface area contributed by atoms with Crippen molar-refractivity contribution in [2.45, 2.75) is 0 Å². The van der Waals surface area contributed by atoms with Crippen molar-refractivity contribution in [3.8, 4) is 0 Å². The Balaban J connectivity index is 2.21. The Kier molecular flexibility index (Phi) is 3.48. The van der Waals surface area contributed by atoms with E-state index in [1.807, 2.05) is 0 Å². The second-order valence-electron chi connectivity index (χ2n) is 3.68. The third-order valence-corrected chi connectivity index (χ3v) is 2.66. The summed E-state index contributed by atoms with van der Waals surface area (Å²) >= 11 is 5.62. The molecule has 0 unspecified atom stereocenters. The number of halogens is 2. The average Bonchev–Trinajstić information content (AvgIpc) is 2.36. The third-order valence-electron chi connectivity index (χ3n) is 2.37. The summed E-state index contributed by atoms with van der Waals surface area (Å²) in [6, 6.07) is 10.7. The predicted molar refractivity (Wildman–Crippen MR) is 70.2 cm³/mol. The Morgan fingerprint density at radius 1 is 1.17 bits per heavy atom. The fraction of sp³-hybridized carbons (Fsp3) is 0. The maximum Gasteiger partial charge on any atom is 0.255 e. The van der Waals surface area contributed by atoms with Crippen LogP contribution >= 0.6 is 11.6 Å². The highest BCUT2D eigenvalue weighted by molar-refractivity contribution is 6.31. The van der Waals surface area contributed by atoms with Crippen LogP contribution in [-0.4, -0.2) is 5.91 Å². The molecule has 0 saturated carbocycles. The van der Waals surface area contributed by atoms with Crippen molar-refractivity contribution in [3.63, 3.8) is 0 Å². The smallest absolute Gasteiger partial charge is 0.255 e. The van der Waals surface area contributed by atoms with E-state index in [1.165, 1.54) is 12.1 Å². The molecular weight excluding hydrogens is 255 g/mol. The molecule has 0 saturated heterocycles. The molecule has 0 fully saturated rings. The summed E-state index contributed by atoms with van der Waals surface area (Å²) in [6.45, 7) is 0. The van der Waals surface area contributed by atoms with Gasteiger partial charge < -0.3 is 11.1 Å². The molecule has 0 spiro atoms. The van der Waals surface area contributed by atoms with Gasteiger partial charge >= 0.3 is 0 Å². The normalized spacial score (nSPS) is 10.1. The van der Waals surface area contributed by atoms with Crippen molar-refractivity contribution in [3.05, 3.63) is 58.9 Å². The predicted octanol–water partition coefficient (Wildman–Crippen LogP) is 3.31. The summed E-state index contributed by atoms with van der Waals surface area (Å²) in [5.41, 5.74) is 6.51. The number of amides is 1. The van der Waals surface area contributed by atoms with Crippen LogP contribution in [-0.2, 0) is 0 Å². The number of nitrogens with two attached hydrogens (primary N) is 1. The Labute approximate surface area is 108 Å². The molecule has 0 aliphatic heterocycles. The molecule has 18 heavy (non-hydrogen) atoms. The second kappa shape index (κ2) is 5.06. The van der Waals surface area contributed by atoms with Crippen LogP contribution in [0.1, 0.15) is 10.4 Å². The molecular formula is C13H10ClFN2O. The van der Waals surface area contributed by atoms with E-state index >= 15 is 0 Å². The van der Waals surface area contributed by atoms with Gasteiger partial charge in [-0.15, -0.1) is 0 Å². The van der Waals surface area contributed by atoms with Crippen LogP contribution in [0.5, 0.6) is 0 Å². The Morgan fingerprint density at radius 3 is 2.50 bits per heavy atom. The van der Waals surface area contributed by atoms with Crippen LogP contribution in [0, 0.1) is 5.82 Å². The lowest BCUT2D eigenvalue weighted by atomic mass is 10.2.